The van der Waals surface area contributed by atoms with E-state index in [0.717, 1.165) is 22.6 Å². The van der Waals surface area contributed by atoms with Crippen LogP contribution in [0.3, 0.4) is 0 Å². The number of alkyl halides is 3. The van der Waals surface area contributed by atoms with Gasteiger partial charge in [0.2, 0.25) is 12.3 Å². The summed E-state index contributed by atoms with van der Waals surface area (Å²) >= 11 is 0. The summed E-state index contributed by atoms with van der Waals surface area (Å²) in [5.74, 6) is -1.75. The molecular formula is C43H47F3N4O11. The molecule has 18 heteroatoms. The molecule has 5 rings (SSSR count). The van der Waals surface area contributed by atoms with Crippen LogP contribution in [0.5, 0.6) is 17.2 Å². The summed E-state index contributed by atoms with van der Waals surface area (Å²) in [6, 6.07) is 15.2. The van der Waals surface area contributed by atoms with Gasteiger partial charge in [-0.2, -0.15) is 18.4 Å². The van der Waals surface area contributed by atoms with E-state index < -0.39 is 52.6 Å². The molecule has 326 valence electrons. The van der Waals surface area contributed by atoms with Crippen molar-refractivity contribution in [1.82, 2.24) is 15.1 Å². The van der Waals surface area contributed by atoms with Crippen LogP contribution in [0.25, 0.3) is 0 Å². The van der Waals surface area contributed by atoms with Gasteiger partial charge in [0, 0.05) is 18.5 Å². The van der Waals surface area contributed by atoms with Gasteiger partial charge in [0.1, 0.15) is 36.5 Å². The van der Waals surface area contributed by atoms with Crippen LogP contribution in [0.4, 0.5) is 13.2 Å². The molecule has 15 nitrogen and oxygen atoms in total. The number of imide groups is 2. The molecule has 0 aliphatic carbocycles. The van der Waals surface area contributed by atoms with Crippen LogP contribution >= 0.6 is 0 Å². The first-order valence-corrected chi connectivity index (χ1v) is 19.6. The average Bonchev–Trinajstić information content (AvgIpc) is 3.60. The van der Waals surface area contributed by atoms with Crippen LogP contribution in [0.1, 0.15) is 71.0 Å². The fourth-order valence-corrected chi connectivity index (χ4v) is 6.92. The molecule has 1 saturated heterocycles. The lowest BCUT2D eigenvalue weighted by molar-refractivity contribution is -0.138. The molecule has 0 saturated carbocycles. The molecule has 0 spiro atoms. The maximum Gasteiger partial charge on any atom is 0.417 e. The van der Waals surface area contributed by atoms with E-state index in [-0.39, 0.29) is 74.3 Å². The first kappa shape index (κ1) is 46.0. The van der Waals surface area contributed by atoms with Crippen molar-refractivity contribution in [2.75, 3.05) is 59.4 Å². The van der Waals surface area contributed by atoms with Gasteiger partial charge in [0.25, 0.3) is 17.7 Å². The smallest absolute Gasteiger partial charge is 0.417 e. The van der Waals surface area contributed by atoms with Crippen molar-refractivity contribution in [3.63, 3.8) is 0 Å². The summed E-state index contributed by atoms with van der Waals surface area (Å²) in [6.45, 7) is 8.06. The second-order valence-corrected chi connectivity index (χ2v) is 14.8. The van der Waals surface area contributed by atoms with Crippen molar-refractivity contribution >= 4 is 30.0 Å². The molecule has 2 aliphatic rings. The number of fused-ring (bicyclic) bond motifs is 1. The zero-order valence-electron chi connectivity index (χ0n) is 34.0. The van der Waals surface area contributed by atoms with E-state index >= 15 is 0 Å². The van der Waals surface area contributed by atoms with E-state index in [9.17, 15) is 37.1 Å². The van der Waals surface area contributed by atoms with Crippen LogP contribution in [0, 0.1) is 16.7 Å². The second-order valence-electron chi connectivity index (χ2n) is 14.8. The van der Waals surface area contributed by atoms with Crippen molar-refractivity contribution in [3.8, 4) is 23.3 Å². The van der Waals surface area contributed by atoms with Crippen molar-refractivity contribution in [2.45, 2.75) is 58.5 Å². The van der Waals surface area contributed by atoms with E-state index in [1.54, 1.807) is 49.9 Å². The quantitative estimate of drug-likeness (QED) is 0.0772. The topological polar surface area (TPSA) is 183 Å². The predicted octanol–water partition coefficient (Wildman–Crippen LogP) is 4.94. The molecule has 3 aromatic rings. The van der Waals surface area contributed by atoms with Gasteiger partial charge in [-0.3, -0.25) is 34.2 Å². The second kappa shape index (κ2) is 21.0. The summed E-state index contributed by atoms with van der Waals surface area (Å²) in [5.41, 5.74) is -1.36. The average molecular weight is 853 g/mol. The van der Waals surface area contributed by atoms with Crippen molar-refractivity contribution in [3.05, 3.63) is 88.5 Å². The van der Waals surface area contributed by atoms with Crippen LogP contribution in [0.15, 0.2) is 60.7 Å². The predicted molar refractivity (Wildman–Crippen MR) is 210 cm³/mol. The summed E-state index contributed by atoms with van der Waals surface area (Å²) in [4.78, 5) is 65.4. The monoisotopic (exact) mass is 852 g/mol. The van der Waals surface area contributed by atoms with Gasteiger partial charge >= 0.3 is 6.18 Å². The summed E-state index contributed by atoms with van der Waals surface area (Å²) in [7, 11) is 0. The maximum atomic E-state index is 13.5. The number of amides is 5. The molecular weight excluding hydrogens is 805 g/mol. The molecule has 0 aromatic heterocycles. The van der Waals surface area contributed by atoms with Crippen molar-refractivity contribution in [1.29, 1.82) is 5.26 Å². The highest BCUT2D eigenvalue weighted by Gasteiger charge is 2.48. The first-order valence-electron chi connectivity index (χ1n) is 19.6. The summed E-state index contributed by atoms with van der Waals surface area (Å²) in [5, 5.41) is 11.1. The zero-order valence-corrected chi connectivity index (χ0v) is 34.0. The molecule has 1 fully saturated rings. The molecule has 0 bridgehead atoms. The molecule has 1 N–H and O–H groups in total. The number of ether oxygens (including phenoxy) is 6. The van der Waals surface area contributed by atoms with E-state index in [1.165, 1.54) is 18.2 Å². The summed E-state index contributed by atoms with van der Waals surface area (Å²) < 4.78 is 74.4. The number of likely N-dealkylation sites (tertiary alicyclic amines) is 1. The van der Waals surface area contributed by atoms with E-state index in [4.69, 9.17) is 33.7 Å². The Morgan fingerprint density at radius 2 is 1.52 bits per heavy atom. The Balaban J connectivity index is 0.934. The Labute approximate surface area is 350 Å². The Bertz CT molecular complexity index is 2090. The number of carbonyl (C=O) groups excluding carboxylic acids is 5. The number of nitriles is 1. The van der Waals surface area contributed by atoms with Gasteiger partial charge in [-0.05, 0) is 54.4 Å². The van der Waals surface area contributed by atoms with Gasteiger partial charge < -0.3 is 33.3 Å². The lowest BCUT2D eigenvalue weighted by Gasteiger charge is -2.24. The zero-order chi connectivity index (χ0) is 44.2. The minimum Gasteiger partial charge on any atom is -0.491 e. The third-order valence-electron chi connectivity index (χ3n) is 9.82. The molecule has 2 unspecified atom stereocenters. The molecule has 0 radical (unpaired) electrons. The number of nitrogens with one attached hydrogen (secondary N) is 1. The largest absolute Gasteiger partial charge is 0.491 e. The molecule has 2 aliphatic heterocycles. The maximum absolute atomic E-state index is 13.5. The highest BCUT2D eigenvalue weighted by atomic mass is 19.4. The molecule has 5 amide bonds. The minimum absolute atomic E-state index is 0.0558. The number of hydrogen-bond acceptors (Lipinski definition) is 12. The van der Waals surface area contributed by atoms with Gasteiger partial charge in [-0.1, -0.05) is 45.4 Å². The van der Waals surface area contributed by atoms with Crippen molar-refractivity contribution < 1.29 is 65.6 Å². The van der Waals surface area contributed by atoms with Crippen LogP contribution in [-0.4, -0.2) is 111 Å². The van der Waals surface area contributed by atoms with Crippen LogP contribution in [-0.2, 0) is 41.3 Å². The van der Waals surface area contributed by atoms with Gasteiger partial charge in [-0.25, -0.2) is 0 Å². The molecule has 2 atom stereocenters. The van der Waals surface area contributed by atoms with Gasteiger partial charge in [-0.15, -0.1) is 0 Å². The van der Waals surface area contributed by atoms with E-state index in [2.05, 4.69) is 0 Å². The molecule has 61 heavy (non-hydrogen) atoms. The standard InChI is InChI=1S/C43H47F3N4O11/c1-4-6-34(38(52)48-27-51)50-39(53)32-7-5-8-35(36(32)40(50)54)60-22-20-58-18-16-56-15-17-57-19-21-59-30-12-9-28(10-13-30)25-49-26-42(2,3)37(41(49)55)61-31-14-11-29(24-47)33(23-31)43(44,45)46/h5,7-14,23,27,34,37H,4,6,15-22,25-26H2,1-3H3,(H,48,51,52). The minimum atomic E-state index is -4.75. The Hall–Kier alpha value is -6.03. The number of hydrogen-bond donors (Lipinski definition) is 1. The Kier molecular flexibility index (Phi) is 15.8. The van der Waals surface area contributed by atoms with Gasteiger partial charge in [0.15, 0.2) is 6.10 Å². The molecule has 2 heterocycles. The van der Waals surface area contributed by atoms with Crippen LogP contribution < -0.4 is 19.5 Å². The third kappa shape index (κ3) is 11.6. The van der Waals surface area contributed by atoms with Crippen molar-refractivity contribution in [2.24, 2.45) is 5.41 Å². The lowest BCUT2D eigenvalue weighted by atomic mass is 9.89. The molecule has 3 aromatic carbocycles. The number of nitrogens with zero attached hydrogens (tertiary/aromatic N) is 3. The van der Waals surface area contributed by atoms with Crippen LogP contribution in [0.2, 0.25) is 0 Å². The Morgan fingerprint density at radius 1 is 0.902 bits per heavy atom. The third-order valence-corrected chi connectivity index (χ3v) is 9.82. The first-order chi connectivity index (χ1) is 29.2. The lowest BCUT2D eigenvalue weighted by Crippen LogP contribution is -2.49. The van der Waals surface area contributed by atoms with Gasteiger partial charge in [0.05, 0.1) is 68.0 Å². The number of carbonyl (C=O) groups is 5. The van der Waals surface area contributed by atoms with E-state index in [0.29, 0.717) is 45.1 Å². The fraction of sp³-hybridized carbons (Fsp3) is 0.442. The highest BCUT2D eigenvalue weighted by Crippen LogP contribution is 2.38. The SMILES string of the molecule is CCCC(C(=O)NC=O)N1C(=O)c2cccc(OCCOCCOCCOCCOc3ccc(CN4CC(C)(C)C(Oc5ccc(C#N)c(C(F)(F)F)c5)C4=O)cc3)c2C1=O. The Morgan fingerprint density at radius 3 is 2.13 bits per heavy atom. The normalized spacial score (nSPS) is 16.3. The highest BCUT2D eigenvalue weighted by molar-refractivity contribution is 6.24. The summed E-state index contributed by atoms with van der Waals surface area (Å²) in [6.07, 6.45) is -4.86. The fourth-order valence-electron chi connectivity index (χ4n) is 6.92. The van der Waals surface area contributed by atoms with E-state index in [1.807, 2.05) is 17.4 Å². The number of benzene rings is 3. The number of halogens is 3. The number of rotatable bonds is 23.